The van der Waals surface area contributed by atoms with Crippen LogP contribution in [-0.2, 0) is 12.8 Å². The van der Waals surface area contributed by atoms with Crippen LogP contribution in [0.3, 0.4) is 0 Å². The second kappa shape index (κ2) is 7.94. The highest BCUT2D eigenvalue weighted by atomic mass is 16.2. The number of hydrogen-bond acceptors (Lipinski definition) is 4. The molecular formula is C23H22N6O. The Morgan fingerprint density at radius 3 is 2.63 bits per heavy atom. The molecule has 0 saturated heterocycles. The van der Waals surface area contributed by atoms with E-state index in [4.69, 9.17) is 5.10 Å². The molecule has 1 aromatic carbocycles. The number of hydrogen-bond donors (Lipinski definition) is 1. The van der Waals surface area contributed by atoms with Crippen LogP contribution in [0.5, 0.6) is 0 Å². The maximum absolute atomic E-state index is 13.1. The van der Waals surface area contributed by atoms with Crippen molar-refractivity contribution < 1.29 is 4.79 Å². The average Bonchev–Trinajstić information content (AvgIpc) is 3.38. The van der Waals surface area contributed by atoms with E-state index in [1.54, 1.807) is 18.7 Å². The average molecular weight is 398 g/mol. The molecule has 0 fully saturated rings. The zero-order valence-corrected chi connectivity index (χ0v) is 16.5. The molecule has 0 atom stereocenters. The van der Waals surface area contributed by atoms with Gasteiger partial charge < -0.3 is 5.32 Å². The van der Waals surface area contributed by atoms with Crippen molar-refractivity contribution in [2.24, 2.45) is 0 Å². The van der Waals surface area contributed by atoms with Crippen LogP contribution in [-0.4, -0.2) is 30.2 Å². The Bertz CT molecular complexity index is 1150. The normalized spacial score (nSPS) is 13.5. The number of benzene rings is 1. The molecule has 1 aliphatic rings. The zero-order chi connectivity index (χ0) is 20.3. The number of amides is 1. The van der Waals surface area contributed by atoms with Crippen LogP contribution in [0.25, 0.3) is 11.5 Å². The Hall–Kier alpha value is -3.74. The molecule has 1 N–H and O–H groups in total. The minimum atomic E-state index is -0.194. The molecule has 5 rings (SSSR count). The van der Waals surface area contributed by atoms with Gasteiger partial charge in [0.1, 0.15) is 12.1 Å². The van der Waals surface area contributed by atoms with Gasteiger partial charge in [0.05, 0.1) is 17.6 Å². The predicted molar refractivity (Wildman–Crippen MR) is 114 cm³/mol. The van der Waals surface area contributed by atoms with E-state index in [2.05, 4.69) is 15.3 Å². The molecule has 0 bridgehead atoms. The number of pyridine rings is 1. The topological polar surface area (TPSA) is 77.6 Å². The van der Waals surface area contributed by atoms with E-state index < -0.39 is 0 Å². The van der Waals surface area contributed by atoms with E-state index in [1.165, 1.54) is 6.42 Å². The van der Waals surface area contributed by atoms with Gasteiger partial charge in [-0.05, 0) is 49.9 Å². The van der Waals surface area contributed by atoms with Gasteiger partial charge in [0.2, 0.25) is 0 Å². The molecular weight excluding hydrogens is 376 g/mol. The van der Waals surface area contributed by atoms with Gasteiger partial charge in [0.25, 0.3) is 5.91 Å². The highest BCUT2D eigenvalue weighted by molar-refractivity contribution is 6.04. The third kappa shape index (κ3) is 3.50. The molecule has 7 heteroatoms. The number of rotatable bonds is 4. The summed E-state index contributed by atoms with van der Waals surface area (Å²) in [5.41, 5.74) is 4.35. The van der Waals surface area contributed by atoms with Crippen LogP contribution in [0.1, 0.15) is 41.0 Å². The lowest BCUT2D eigenvalue weighted by molar-refractivity contribution is 0.102. The first-order valence-corrected chi connectivity index (χ1v) is 10.2. The number of nitrogens with zero attached hydrogens (tertiary/aromatic N) is 5. The molecule has 4 aromatic rings. The van der Waals surface area contributed by atoms with Crippen LogP contribution in [0.15, 0.2) is 67.4 Å². The van der Waals surface area contributed by atoms with E-state index in [0.29, 0.717) is 11.4 Å². The van der Waals surface area contributed by atoms with Crippen LogP contribution in [0, 0.1) is 0 Å². The number of anilines is 1. The van der Waals surface area contributed by atoms with Crippen LogP contribution < -0.4 is 5.32 Å². The fourth-order valence-corrected chi connectivity index (χ4v) is 3.94. The summed E-state index contributed by atoms with van der Waals surface area (Å²) in [4.78, 5) is 21.6. The summed E-state index contributed by atoms with van der Waals surface area (Å²) in [5.74, 6) is 0.549. The number of aromatic nitrogens is 5. The third-order valence-electron chi connectivity index (χ3n) is 5.42. The number of imidazole rings is 1. The second-order valence-corrected chi connectivity index (χ2v) is 7.41. The van der Waals surface area contributed by atoms with Gasteiger partial charge in [-0.1, -0.05) is 24.6 Å². The van der Waals surface area contributed by atoms with Crippen molar-refractivity contribution in [3.63, 3.8) is 0 Å². The predicted octanol–water partition coefficient (Wildman–Crippen LogP) is 3.97. The second-order valence-electron chi connectivity index (χ2n) is 7.41. The van der Waals surface area contributed by atoms with Gasteiger partial charge in [-0.2, -0.15) is 5.10 Å². The maximum atomic E-state index is 13.1. The summed E-state index contributed by atoms with van der Waals surface area (Å²) in [6.45, 7) is 0. The molecule has 1 amide bonds. The summed E-state index contributed by atoms with van der Waals surface area (Å²) in [6, 6.07) is 13.7. The molecule has 0 spiro atoms. The first kappa shape index (κ1) is 18.3. The maximum Gasteiger partial charge on any atom is 0.276 e. The molecule has 3 aromatic heterocycles. The van der Waals surface area contributed by atoms with Crippen molar-refractivity contribution >= 4 is 11.6 Å². The van der Waals surface area contributed by atoms with E-state index >= 15 is 0 Å². The Morgan fingerprint density at radius 2 is 1.87 bits per heavy atom. The quantitative estimate of drug-likeness (QED) is 0.528. The van der Waals surface area contributed by atoms with Crippen molar-refractivity contribution in [3.05, 3.63) is 84.3 Å². The van der Waals surface area contributed by atoms with Gasteiger partial charge in [-0.3, -0.25) is 9.36 Å². The summed E-state index contributed by atoms with van der Waals surface area (Å²) < 4.78 is 3.75. The fraction of sp³-hybridized carbons (Fsp3) is 0.217. The number of para-hydroxylation sites is 1. The smallest absolute Gasteiger partial charge is 0.276 e. The zero-order valence-electron chi connectivity index (χ0n) is 16.5. The van der Waals surface area contributed by atoms with E-state index in [0.717, 1.165) is 48.4 Å². The van der Waals surface area contributed by atoms with Crippen molar-refractivity contribution in [1.82, 2.24) is 24.3 Å². The van der Waals surface area contributed by atoms with Crippen molar-refractivity contribution in [3.8, 4) is 11.5 Å². The summed E-state index contributed by atoms with van der Waals surface area (Å²) >= 11 is 0. The van der Waals surface area contributed by atoms with Crippen molar-refractivity contribution in [2.45, 2.75) is 32.1 Å². The number of nitrogens with one attached hydrogen (secondary N) is 1. The van der Waals surface area contributed by atoms with Gasteiger partial charge in [0, 0.05) is 23.7 Å². The standard InChI is InChI=1S/C23H22N6O/c30-23(26-17-11-12-21(25-15-17)28-14-13-24-16-28)22-19-9-5-2-6-10-20(19)29(27-22)18-7-3-1-4-8-18/h1,3-4,7-8,11-16H,2,5-6,9-10H2,(H,26,30). The number of fused-ring (bicyclic) bond motifs is 1. The Morgan fingerprint density at radius 1 is 1.00 bits per heavy atom. The van der Waals surface area contributed by atoms with Gasteiger partial charge in [0.15, 0.2) is 5.69 Å². The van der Waals surface area contributed by atoms with Gasteiger partial charge >= 0.3 is 0 Å². The minimum Gasteiger partial charge on any atom is -0.319 e. The molecule has 0 aliphatic heterocycles. The molecule has 3 heterocycles. The summed E-state index contributed by atoms with van der Waals surface area (Å²) in [6.07, 6.45) is 12.0. The van der Waals surface area contributed by atoms with Crippen molar-refractivity contribution in [2.75, 3.05) is 5.32 Å². The summed E-state index contributed by atoms with van der Waals surface area (Å²) in [5, 5.41) is 7.69. The fourth-order valence-electron chi connectivity index (χ4n) is 3.94. The van der Waals surface area contributed by atoms with E-state index in [9.17, 15) is 4.79 Å². The van der Waals surface area contributed by atoms with Crippen LogP contribution >= 0.6 is 0 Å². The molecule has 0 radical (unpaired) electrons. The molecule has 0 saturated carbocycles. The monoisotopic (exact) mass is 398 g/mol. The lowest BCUT2D eigenvalue weighted by Gasteiger charge is -2.06. The molecule has 1 aliphatic carbocycles. The van der Waals surface area contributed by atoms with E-state index in [-0.39, 0.29) is 5.91 Å². The largest absolute Gasteiger partial charge is 0.319 e. The highest BCUT2D eigenvalue weighted by Gasteiger charge is 2.24. The van der Waals surface area contributed by atoms with Gasteiger partial charge in [-0.15, -0.1) is 0 Å². The SMILES string of the molecule is O=C(Nc1ccc(-n2ccnc2)nc1)c1nn(-c2ccccc2)c2c1CCCCC2. The van der Waals surface area contributed by atoms with E-state index in [1.807, 2.05) is 57.9 Å². The van der Waals surface area contributed by atoms with Crippen LogP contribution in [0.2, 0.25) is 0 Å². The number of carbonyl (C=O) groups excluding carboxylic acids is 1. The molecule has 0 unspecified atom stereocenters. The Labute approximate surface area is 174 Å². The molecule has 7 nitrogen and oxygen atoms in total. The number of carbonyl (C=O) groups is 1. The van der Waals surface area contributed by atoms with Crippen LogP contribution in [0.4, 0.5) is 5.69 Å². The minimum absolute atomic E-state index is 0.194. The summed E-state index contributed by atoms with van der Waals surface area (Å²) in [7, 11) is 0. The molecule has 150 valence electrons. The lowest BCUT2D eigenvalue weighted by atomic mass is 10.1. The first-order chi connectivity index (χ1) is 14.8. The van der Waals surface area contributed by atoms with Gasteiger partial charge in [-0.25, -0.2) is 14.6 Å². The highest BCUT2D eigenvalue weighted by Crippen LogP contribution is 2.27. The Balaban J connectivity index is 1.45. The first-order valence-electron chi connectivity index (χ1n) is 10.2. The lowest BCUT2D eigenvalue weighted by Crippen LogP contribution is -2.15. The van der Waals surface area contributed by atoms with Crippen molar-refractivity contribution in [1.29, 1.82) is 0 Å². The molecule has 30 heavy (non-hydrogen) atoms. The Kier molecular flexibility index (Phi) is 4.85. The third-order valence-corrected chi connectivity index (χ3v) is 5.42.